The van der Waals surface area contributed by atoms with Crippen LogP contribution in [0.25, 0.3) is 0 Å². The molecule has 22 heavy (non-hydrogen) atoms. The summed E-state index contributed by atoms with van der Waals surface area (Å²) < 4.78 is 56.3. The molecule has 10 heteroatoms. The van der Waals surface area contributed by atoms with Gasteiger partial charge in [-0.25, -0.2) is 0 Å². The minimum atomic E-state index is -4.68. The number of benzene rings is 2. The van der Waals surface area contributed by atoms with E-state index in [1.54, 1.807) is 0 Å². The molecule has 0 atom stereocenters. The van der Waals surface area contributed by atoms with Crippen LogP contribution in [-0.4, -0.2) is 44.7 Å². The first-order chi connectivity index (χ1) is 10.00. The number of anilines is 2. The van der Waals surface area contributed by atoms with Gasteiger partial charge >= 0.3 is 132 Å². The Labute approximate surface area is 132 Å². The van der Waals surface area contributed by atoms with Crippen molar-refractivity contribution in [3.8, 4) is 0 Å². The van der Waals surface area contributed by atoms with Gasteiger partial charge in [-0.2, -0.15) is 0 Å². The summed E-state index contributed by atoms with van der Waals surface area (Å²) in [5.74, 6) is 0. The quantitative estimate of drug-likeness (QED) is 0.226. The fraction of sp³-hybridized carbons (Fsp3) is 0. The first-order valence-electron chi connectivity index (χ1n) is 5.83. The van der Waals surface area contributed by atoms with E-state index in [0.29, 0.717) is 11.4 Å². The minimum absolute atomic E-state index is 0.0531. The Morgan fingerprint density at radius 2 is 0.818 bits per heavy atom. The summed E-state index contributed by atoms with van der Waals surface area (Å²) in [6.07, 6.45) is 0. The molecule has 0 radical (unpaired) electrons. The fourth-order valence-corrected chi connectivity index (χ4v) is 3.59. The molecule has 0 fully saturated rings. The third kappa shape index (κ3) is 6.15. The van der Waals surface area contributed by atoms with Crippen molar-refractivity contribution in [1.82, 2.24) is 0 Å². The molecule has 0 unspecified atom stereocenters. The molecular weight excluding hydrogens is 418 g/mol. The zero-order chi connectivity index (χ0) is 17.0. The van der Waals surface area contributed by atoms with E-state index in [-0.39, 0.29) is 8.70 Å². The number of hydrogen-bond acceptors (Lipinski definition) is 4. The Bertz CT molecular complexity index is 642. The summed E-state index contributed by atoms with van der Waals surface area (Å²) in [5, 5.41) is 0. The van der Waals surface area contributed by atoms with Crippen LogP contribution < -0.4 is 20.2 Å². The molecule has 0 saturated heterocycles. The van der Waals surface area contributed by atoms with Gasteiger partial charge in [-0.15, -0.1) is 0 Å². The summed E-state index contributed by atoms with van der Waals surface area (Å²) in [4.78, 5) is 0. The van der Waals surface area contributed by atoms with Crippen molar-refractivity contribution in [1.29, 1.82) is 0 Å². The second-order valence-corrected chi connectivity index (χ2v) is 11.0. The van der Waals surface area contributed by atoms with Crippen LogP contribution in [0, 0.1) is 0 Å². The van der Waals surface area contributed by atoms with Gasteiger partial charge in [0.1, 0.15) is 0 Å². The number of nitrogen functional groups attached to an aromatic ring is 2. The molecule has 0 spiro atoms. The van der Waals surface area contributed by atoms with E-state index in [1.165, 1.54) is 48.5 Å². The standard InChI is InChI=1S/2C6H8AsNO3/c2*8-6-3-1-5(2-4-6)7(9,10)11/h2*1-4H,8H2,(H2,9,10,11). The maximum atomic E-state index is 10.7. The molecule has 8 nitrogen and oxygen atoms in total. The molecule has 8 N–H and O–H groups in total. The third-order valence-electron chi connectivity index (χ3n) is 2.46. The van der Waals surface area contributed by atoms with Gasteiger partial charge in [-0.3, -0.25) is 0 Å². The Morgan fingerprint density at radius 3 is 1.00 bits per heavy atom. The van der Waals surface area contributed by atoms with Gasteiger partial charge in [0, 0.05) is 0 Å². The van der Waals surface area contributed by atoms with Crippen molar-refractivity contribution >= 4 is 48.4 Å². The van der Waals surface area contributed by atoms with Crippen LogP contribution in [0.3, 0.4) is 0 Å². The van der Waals surface area contributed by atoms with Crippen molar-refractivity contribution in [2.75, 3.05) is 11.5 Å². The van der Waals surface area contributed by atoms with Gasteiger partial charge in [0.15, 0.2) is 0 Å². The first-order valence-corrected chi connectivity index (χ1v) is 12.6. The van der Waals surface area contributed by atoms with Crippen molar-refractivity contribution < 1.29 is 23.9 Å². The van der Waals surface area contributed by atoms with Crippen LogP contribution in [0.1, 0.15) is 0 Å². The molecule has 0 heterocycles. The van der Waals surface area contributed by atoms with E-state index in [9.17, 15) is 7.48 Å². The molecule has 0 bridgehead atoms. The predicted molar refractivity (Wildman–Crippen MR) is 82.7 cm³/mol. The summed E-state index contributed by atoms with van der Waals surface area (Å²) in [7, 11) is 0. The SMILES string of the molecule is Nc1ccc([As](=O)(O)O)cc1.Nc1ccc([As](=O)(O)O)cc1. The monoisotopic (exact) mass is 434 g/mol. The molecule has 0 aromatic heterocycles. The third-order valence-corrected chi connectivity index (χ3v) is 6.53. The van der Waals surface area contributed by atoms with Gasteiger partial charge in [0.25, 0.3) is 0 Å². The van der Waals surface area contributed by atoms with Gasteiger partial charge in [-0.05, 0) is 0 Å². The van der Waals surface area contributed by atoms with Crippen LogP contribution in [0.2, 0.25) is 0 Å². The van der Waals surface area contributed by atoms with Crippen LogP contribution in [0.5, 0.6) is 0 Å². The zero-order valence-electron chi connectivity index (χ0n) is 11.3. The predicted octanol–water partition coefficient (Wildman–Crippen LogP) is -2.34. The number of hydrogen-bond donors (Lipinski definition) is 6. The molecule has 0 aliphatic carbocycles. The molecule has 120 valence electrons. The van der Waals surface area contributed by atoms with Crippen molar-refractivity contribution in [2.24, 2.45) is 0 Å². The Morgan fingerprint density at radius 1 is 0.591 bits per heavy atom. The second-order valence-electron chi connectivity index (χ2n) is 4.27. The van der Waals surface area contributed by atoms with E-state index in [0.717, 1.165) is 0 Å². The normalized spacial score (nSPS) is 11.5. The molecule has 2 rings (SSSR count). The fourth-order valence-electron chi connectivity index (χ4n) is 1.34. The summed E-state index contributed by atoms with van der Waals surface area (Å²) in [6.45, 7) is 0. The molecule has 0 aliphatic rings. The van der Waals surface area contributed by atoms with Gasteiger partial charge in [0.2, 0.25) is 0 Å². The topological polar surface area (TPSA) is 167 Å². The molecule has 2 aromatic rings. The Balaban J connectivity index is 0.000000220. The Kier molecular flexibility index (Phi) is 6.14. The van der Waals surface area contributed by atoms with Crippen molar-refractivity contribution in [3.63, 3.8) is 0 Å². The maximum absolute atomic E-state index is 10.7. The zero-order valence-corrected chi connectivity index (χ0v) is 15.0. The van der Waals surface area contributed by atoms with E-state index in [4.69, 9.17) is 27.9 Å². The second kappa shape index (κ2) is 7.24. The van der Waals surface area contributed by atoms with E-state index in [2.05, 4.69) is 0 Å². The van der Waals surface area contributed by atoms with Gasteiger partial charge in [-0.1, -0.05) is 0 Å². The number of nitrogens with two attached hydrogens (primary N) is 2. The first kappa shape index (κ1) is 18.6. The summed E-state index contributed by atoms with van der Waals surface area (Å²) >= 11 is -9.36. The molecule has 0 saturated carbocycles. The summed E-state index contributed by atoms with van der Waals surface area (Å²) in [6, 6.07) is 11.2. The van der Waals surface area contributed by atoms with Gasteiger partial charge in [0.05, 0.1) is 0 Å². The van der Waals surface area contributed by atoms with E-state index < -0.39 is 28.3 Å². The van der Waals surface area contributed by atoms with Crippen molar-refractivity contribution in [2.45, 2.75) is 0 Å². The molecule has 0 amide bonds. The summed E-state index contributed by atoms with van der Waals surface area (Å²) in [5.41, 5.74) is 11.6. The average molecular weight is 434 g/mol. The van der Waals surface area contributed by atoms with Crippen LogP contribution in [-0.2, 0) is 7.48 Å². The average Bonchev–Trinajstić information content (AvgIpc) is 2.38. The Hall–Kier alpha value is -1.40. The molecular formula is C12H16As2N2O6. The van der Waals surface area contributed by atoms with Gasteiger partial charge < -0.3 is 0 Å². The van der Waals surface area contributed by atoms with E-state index in [1.807, 2.05) is 0 Å². The van der Waals surface area contributed by atoms with Crippen molar-refractivity contribution in [3.05, 3.63) is 48.5 Å². The van der Waals surface area contributed by atoms with Crippen LogP contribution >= 0.6 is 0 Å². The molecule has 2 aromatic carbocycles. The number of rotatable bonds is 2. The van der Waals surface area contributed by atoms with E-state index >= 15 is 0 Å². The van der Waals surface area contributed by atoms with Crippen LogP contribution in [0.15, 0.2) is 48.5 Å². The molecule has 0 aliphatic heterocycles. The van der Waals surface area contributed by atoms with Crippen LogP contribution in [0.4, 0.5) is 11.4 Å².